The van der Waals surface area contributed by atoms with Crippen LogP contribution in [0.5, 0.6) is 0 Å². The Hall–Kier alpha value is -0.610. The van der Waals surface area contributed by atoms with Gasteiger partial charge in [0.2, 0.25) is 0 Å². The summed E-state index contributed by atoms with van der Waals surface area (Å²) in [5, 5.41) is 2.87. The van der Waals surface area contributed by atoms with Crippen LogP contribution in [0.4, 0.5) is 8.78 Å². The zero-order valence-corrected chi connectivity index (χ0v) is 10.6. The van der Waals surface area contributed by atoms with E-state index in [4.69, 9.17) is 0 Å². The van der Waals surface area contributed by atoms with Crippen molar-refractivity contribution in [1.82, 2.24) is 5.32 Å². The molecule has 1 aromatic carbocycles. The zero-order chi connectivity index (χ0) is 12.1. The maximum atomic E-state index is 13.6. The summed E-state index contributed by atoms with van der Waals surface area (Å²) >= 11 is 1.24. The van der Waals surface area contributed by atoms with Crippen molar-refractivity contribution in [3.8, 4) is 0 Å². The lowest BCUT2D eigenvalue weighted by Gasteiger charge is -2.09. The van der Waals surface area contributed by atoms with Crippen molar-refractivity contribution in [2.75, 3.05) is 12.8 Å². The molecule has 0 aliphatic carbocycles. The molecule has 1 aromatic rings. The average Bonchev–Trinajstić information content (AvgIpc) is 2.16. The molecule has 1 rings (SSSR count). The molecule has 0 saturated carbocycles. The van der Waals surface area contributed by atoms with E-state index in [1.165, 1.54) is 23.9 Å². The summed E-state index contributed by atoms with van der Waals surface area (Å²) in [4.78, 5) is 0.133. The van der Waals surface area contributed by atoms with Crippen molar-refractivity contribution in [3.05, 3.63) is 29.3 Å². The van der Waals surface area contributed by atoms with E-state index in [9.17, 15) is 8.78 Å². The largest absolute Gasteiger partial charge is 0.316 e. The van der Waals surface area contributed by atoms with Gasteiger partial charge in [-0.25, -0.2) is 8.78 Å². The summed E-state index contributed by atoms with van der Waals surface area (Å²) in [6.45, 7) is 4.53. The normalized spacial score (nSPS) is 11.1. The molecule has 0 fully saturated rings. The third-order valence-corrected chi connectivity index (χ3v) is 3.51. The third kappa shape index (κ3) is 3.76. The minimum absolute atomic E-state index is 0.133. The molecule has 0 bridgehead atoms. The molecule has 0 aliphatic rings. The first kappa shape index (κ1) is 13.5. The third-order valence-electron chi connectivity index (χ3n) is 2.00. The summed E-state index contributed by atoms with van der Waals surface area (Å²) in [6.07, 6.45) is 0. The highest BCUT2D eigenvalue weighted by Crippen LogP contribution is 2.27. The molecule has 1 N–H and O–H groups in total. The van der Waals surface area contributed by atoms with Crippen LogP contribution in [0.25, 0.3) is 0 Å². The highest BCUT2D eigenvalue weighted by atomic mass is 32.2. The smallest absolute Gasteiger partial charge is 0.140 e. The molecule has 0 saturated heterocycles. The molecule has 16 heavy (non-hydrogen) atoms. The minimum atomic E-state index is -0.462. The lowest BCUT2D eigenvalue weighted by Crippen LogP contribution is -2.06. The van der Waals surface area contributed by atoms with E-state index in [1.54, 1.807) is 7.05 Å². The van der Waals surface area contributed by atoms with Crippen LogP contribution in [0, 0.1) is 17.6 Å². The number of hydrogen-bond acceptors (Lipinski definition) is 2. The first-order valence-corrected chi connectivity index (χ1v) is 6.28. The van der Waals surface area contributed by atoms with Crippen LogP contribution in [0.1, 0.15) is 19.4 Å². The zero-order valence-electron chi connectivity index (χ0n) is 9.81. The number of benzene rings is 1. The van der Waals surface area contributed by atoms with E-state index in [-0.39, 0.29) is 4.90 Å². The number of thioether (sulfide) groups is 1. The van der Waals surface area contributed by atoms with E-state index in [0.717, 1.165) is 5.75 Å². The SMILES string of the molecule is CNCc1cc(F)c(SCC(C)C)c(F)c1. The molecule has 0 amide bonds. The fourth-order valence-electron chi connectivity index (χ4n) is 1.31. The molecule has 0 aromatic heterocycles. The molecule has 0 unspecified atom stereocenters. The fraction of sp³-hybridized carbons (Fsp3) is 0.500. The molecule has 1 nitrogen and oxygen atoms in total. The maximum absolute atomic E-state index is 13.6. The van der Waals surface area contributed by atoms with Crippen molar-refractivity contribution in [2.24, 2.45) is 5.92 Å². The van der Waals surface area contributed by atoms with Crippen molar-refractivity contribution in [2.45, 2.75) is 25.3 Å². The second-order valence-electron chi connectivity index (χ2n) is 4.12. The van der Waals surface area contributed by atoms with Gasteiger partial charge in [0.15, 0.2) is 0 Å². The van der Waals surface area contributed by atoms with Gasteiger partial charge >= 0.3 is 0 Å². The van der Waals surface area contributed by atoms with Gasteiger partial charge in [-0.3, -0.25) is 0 Å². The Balaban J connectivity index is 2.85. The molecular weight excluding hydrogens is 228 g/mol. The Labute approximate surface area is 99.6 Å². The van der Waals surface area contributed by atoms with Crippen LogP contribution in [-0.2, 0) is 6.54 Å². The number of hydrogen-bond donors (Lipinski definition) is 1. The van der Waals surface area contributed by atoms with Crippen molar-refractivity contribution >= 4 is 11.8 Å². The summed E-state index contributed by atoms with van der Waals surface area (Å²) in [5.41, 5.74) is 0.631. The number of nitrogens with one attached hydrogen (secondary N) is 1. The van der Waals surface area contributed by atoms with Gasteiger partial charge in [-0.05, 0) is 30.7 Å². The van der Waals surface area contributed by atoms with Crippen LogP contribution in [-0.4, -0.2) is 12.8 Å². The average molecular weight is 245 g/mol. The lowest BCUT2D eigenvalue weighted by atomic mass is 10.2. The van der Waals surface area contributed by atoms with Crippen LogP contribution in [0.2, 0.25) is 0 Å². The highest BCUT2D eigenvalue weighted by Gasteiger charge is 2.12. The predicted octanol–water partition coefficient (Wildman–Crippen LogP) is 3.43. The Morgan fingerprint density at radius 1 is 1.25 bits per heavy atom. The molecule has 0 atom stereocenters. The standard InChI is InChI=1S/C12H17F2NS/c1-8(2)7-16-12-10(13)4-9(6-15-3)5-11(12)14/h4-5,8,15H,6-7H2,1-3H3. The molecule has 0 heterocycles. The monoisotopic (exact) mass is 245 g/mol. The van der Waals surface area contributed by atoms with Crippen LogP contribution >= 0.6 is 11.8 Å². The number of halogens is 2. The van der Waals surface area contributed by atoms with Crippen molar-refractivity contribution < 1.29 is 8.78 Å². The molecular formula is C12H17F2NS. The molecule has 4 heteroatoms. The minimum Gasteiger partial charge on any atom is -0.316 e. The lowest BCUT2D eigenvalue weighted by molar-refractivity contribution is 0.535. The Morgan fingerprint density at radius 2 is 1.81 bits per heavy atom. The van der Waals surface area contributed by atoms with E-state index < -0.39 is 11.6 Å². The molecule has 0 spiro atoms. The van der Waals surface area contributed by atoms with E-state index in [1.807, 2.05) is 13.8 Å². The van der Waals surface area contributed by atoms with Gasteiger partial charge in [-0.1, -0.05) is 13.8 Å². The van der Waals surface area contributed by atoms with E-state index in [2.05, 4.69) is 5.32 Å². The van der Waals surface area contributed by atoms with Crippen molar-refractivity contribution in [3.63, 3.8) is 0 Å². The van der Waals surface area contributed by atoms with Gasteiger partial charge in [0.1, 0.15) is 11.6 Å². The highest BCUT2D eigenvalue weighted by molar-refractivity contribution is 7.99. The van der Waals surface area contributed by atoms with Gasteiger partial charge in [-0.15, -0.1) is 11.8 Å². The van der Waals surface area contributed by atoms with Crippen molar-refractivity contribution in [1.29, 1.82) is 0 Å². The maximum Gasteiger partial charge on any atom is 0.140 e. The fourth-order valence-corrected chi connectivity index (χ4v) is 2.20. The summed E-state index contributed by atoms with van der Waals surface area (Å²) < 4.78 is 27.2. The Morgan fingerprint density at radius 3 is 2.25 bits per heavy atom. The second-order valence-corrected chi connectivity index (χ2v) is 5.15. The van der Waals surface area contributed by atoms with E-state index >= 15 is 0 Å². The first-order chi connectivity index (χ1) is 7.54. The second kappa shape index (κ2) is 6.21. The first-order valence-electron chi connectivity index (χ1n) is 5.30. The summed E-state index contributed by atoms with van der Waals surface area (Å²) in [7, 11) is 1.75. The molecule has 0 radical (unpaired) electrons. The number of rotatable bonds is 5. The Bertz CT molecular complexity index is 330. The van der Waals surface area contributed by atoms with Gasteiger partial charge < -0.3 is 5.32 Å². The van der Waals surface area contributed by atoms with Gasteiger partial charge in [0, 0.05) is 12.3 Å². The molecule has 0 aliphatic heterocycles. The van der Waals surface area contributed by atoms with Crippen LogP contribution in [0.15, 0.2) is 17.0 Å². The topological polar surface area (TPSA) is 12.0 Å². The Kier molecular flexibility index (Phi) is 5.22. The van der Waals surface area contributed by atoms with Crippen LogP contribution in [0.3, 0.4) is 0 Å². The summed E-state index contributed by atoms with van der Waals surface area (Å²) in [5.74, 6) is 0.215. The van der Waals surface area contributed by atoms with Gasteiger partial charge in [0.25, 0.3) is 0 Å². The van der Waals surface area contributed by atoms with E-state index in [0.29, 0.717) is 18.0 Å². The summed E-state index contributed by atoms with van der Waals surface area (Å²) in [6, 6.07) is 2.78. The predicted molar refractivity (Wildman–Crippen MR) is 64.7 cm³/mol. The van der Waals surface area contributed by atoms with Gasteiger partial charge in [-0.2, -0.15) is 0 Å². The molecule has 90 valence electrons. The quantitative estimate of drug-likeness (QED) is 0.798. The van der Waals surface area contributed by atoms with Gasteiger partial charge in [0.05, 0.1) is 4.90 Å². The van der Waals surface area contributed by atoms with Crippen LogP contribution < -0.4 is 5.32 Å².